The molecule has 0 spiro atoms. The Bertz CT molecular complexity index is 859. The summed E-state index contributed by atoms with van der Waals surface area (Å²) in [5.41, 5.74) is 4.39. The first kappa shape index (κ1) is 17.6. The maximum absolute atomic E-state index is 12.7. The van der Waals surface area contributed by atoms with Crippen LogP contribution < -0.4 is 0 Å². The molecule has 4 rings (SSSR count). The number of likely N-dealkylation sites (tertiary alicyclic amines) is 1. The highest BCUT2D eigenvalue weighted by molar-refractivity contribution is 5.81. The van der Waals surface area contributed by atoms with Crippen molar-refractivity contribution in [3.63, 3.8) is 0 Å². The van der Waals surface area contributed by atoms with Crippen LogP contribution in [-0.2, 0) is 9.53 Å². The predicted octanol–water partition coefficient (Wildman–Crippen LogP) is 4.12. The zero-order valence-electron chi connectivity index (χ0n) is 15.5. The van der Waals surface area contributed by atoms with Crippen LogP contribution in [0, 0.1) is 5.41 Å². The van der Waals surface area contributed by atoms with Crippen molar-refractivity contribution in [1.82, 2.24) is 4.90 Å². The molecule has 1 aliphatic carbocycles. The number of ether oxygens (including phenoxy) is 1. The van der Waals surface area contributed by atoms with Gasteiger partial charge in [0.2, 0.25) is 0 Å². The van der Waals surface area contributed by atoms with E-state index >= 15 is 0 Å². The summed E-state index contributed by atoms with van der Waals surface area (Å²) in [4.78, 5) is 25.6. The molecule has 5 nitrogen and oxygen atoms in total. The lowest BCUT2D eigenvalue weighted by Gasteiger charge is -2.23. The molecule has 0 radical (unpaired) electrons. The van der Waals surface area contributed by atoms with Crippen molar-refractivity contribution in [2.45, 2.75) is 32.2 Å². The van der Waals surface area contributed by atoms with Crippen LogP contribution in [0.25, 0.3) is 11.1 Å². The highest BCUT2D eigenvalue weighted by atomic mass is 16.6. The fourth-order valence-corrected chi connectivity index (χ4v) is 4.36. The molecule has 1 amide bonds. The van der Waals surface area contributed by atoms with Gasteiger partial charge in [-0.25, -0.2) is 9.59 Å². The minimum atomic E-state index is -0.978. The fraction of sp³-hybridized carbons (Fsp3) is 0.364. The van der Waals surface area contributed by atoms with Crippen LogP contribution in [0.4, 0.5) is 4.79 Å². The number of amides is 1. The van der Waals surface area contributed by atoms with Crippen LogP contribution in [-0.4, -0.2) is 41.3 Å². The molecular weight excluding hydrogens is 342 g/mol. The van der Waals surface area contributed by atoms with Crippen molar-refractivity contribution in [3.8, 4) is 11.1 Å². The zero-order valence-corrected chi connectivity index (χ0v) is 15.5. The number of carboxylic acids is 1. The first-order valence-corrected chi connectivity index (χ1v) is 9.22. The smallest absolute Gasteiger partial charge is 0.410 e. The van der Waals surface area contributed by atoms with Gasteiger partial charge in [0.05, 0.1) is 0 Å². The minimum Gasteiger partial charge on any atom is -0.480 e. The highest BCUT2D eigenvalue weighted by Crippen LogP contribution is 2.44. The SMILES string of the molecule is CC1(C)C[C@@H](C(=O)O)N(C(=O)OCC2c3ccccc3-c3ccccc32)C1. The van der Waals surface area contributed by atoms with E-state index in [0.29, 0.717) is 13.0 Å². The number of carbonyl (C=O) groups is 2. The second-order valence-electron chi connectivity index (χ2n) is 8.15. The molecule has 27 heavy (non-hydrogen) atoms. The van der Waals surface area contributed by atoms with E-state index in [1.54, 1.807) is 0 Å². The molecule has 1 atom stereocenters. The van der Waals surface area contributed by atoms with E-state index < -0.39 is 18.1 Å². The Morgan fingerprint density at radius 1 is 1.07 bits per heavy atom. The standard InChI is InChI=1S/C22H23NO4/c1-22(2)11-19(20(24)25)23(13-22)21(26)27-12-18-16-9-5-3-7-14(16)15-8-4-6-10-17(15)18/h3-10,18-19H,11-13H2,1-2H3,(H,24,25)/t19-/m0/s1. The third-order valence-corrected chi connectivity index (χ3v) is 5.58. The maximum Gasteiger partial charge on any atom is 0.410 e. The zero-order chi connectivity index (χ0) is 19.2. The fourth-order valence-electron chi connectivity index (χ4n) is 4.36. The van der Waals surface area contributed by atoms with Crippen molar-refractivity contribution in [2.24, 2.45) is 5.41 Å². The lowest BCUT2D eigenvalue weighted by atomic mass is 9.91. The number of carboxylic acid groups (broad SMARTS) is 1. The average Bonchev–Trinajstić information content (AvgIpc) is 3.14. The number of aliphatic carboxylic acids is 1. The molecule has 5 heteroatoms. The molecule has 2 aliphatic rings. The molecule has 1 N–H and O–H groups in total. The van der Waals surface area contributed by atoms with Crippen LogP contribution in [0.2, 0.25) is 0 Å². The van der Waals surface area contributed by atoms with Gasteiger partial charge in [-0.15, -0.1) is 0 Å². The van der Waals surface area contributed by atoms with Crippen molar-refractivity contribution < 1.29 is 19.4 Å². The van der Waals surface area contributed by atoms with E-state index in [4.69, 9.17) is 4.74 Å². The lowest BCUT2D eigenvalue weighted by molar-refractivity contribution is -0.141. The van der Waals surface area contributed by atoms with Crippen molar-refractivity contribution in [1.29, 1.82) is 0 Å². The summed E-state index contributed by atoms with van der Waals surface area (Å²) < 4.78 is 5.62. The van der Waals surface area contributed by atoms with E-state index in [0.717, 1.165) is 11.1 Å². The third kappa shape index (κ3) is 3.07. The molecule has 0 saturated carbocycles. The van der Waals surface area contributed by atoms with Gasteiger partial charge in [-0.2, -0.15) is 0 Å². The number of benzene rings is 2. The van der Waals surface area contributed by atoms with Gasteiger partial charge in [0.25, 0.3) is 0 Å². The number of rotatable bonds is 3. The maximum atomic E-state index is 12.7. The normalized spacial score (nSPS) is 20.2. The Kier molecular flexibility index (Phi) is 4.17. The van der Waals surface area contributed by atoms with E-state index in [-0.39, 0.29) is 17.9 Å². The van der Waals surface area contributed by atoms with Crippen LogP contribution in [0.3, 0.4) is 0 Å². The van der Waals surface area contributed by atoms with Crippen molar-refractivity contribution in [2.75, 3.05) is 13.2 Å². The summed E-state index contributed by atoms with van der Waals surface area (Å²) in [7, 11) is 0. The van der Waals surface area contributed by atoms with Gasteiger partial charge in [-0.1, -0.05) is 62.4 Å². The first-order chi connectivity index (χ1) is 12.9. The summed E-state index contributed by atoms with van der Waals surface area (Å²) in [6, 6.07) is 15.5. The predicted molar refractivity (Wildman–Crippen MR) is 102 cm³/mol. The molecule has 0 aromatic heterocycles. The van der Waals surface area contributed by atoms with Crippen LogP contribution in [0.15, 0.2) is 48.5 Å². The van der Waals surface area contributed by atoms with Gasteiger partial charge < -0.3 is 9.84 Å². The number of hydrogen-bond acceptors (Lipinski definition) is 3. The minimum absolute atomic E-state index is 0.0276. The molecule has 1 heterocycles. The van der Waals surface area contributed by atoms with Crippen LogP contribution in [0.1, 0.15) is 37.3 Å². The molecule has 1 fully saturated rings. The van der Waals surface area contributed by atoms with Crippen molar-refractivity contribution in [3.05, 3.63) is 59.7 Å². The topological polar surface area (TPSA) is 66.8 Å². The molecule has 2 aromatic rings. The van der Waals surface area contributed by atoms with Gasteiger partial charge >= 0.3 is 12.1 Å². The third-order valence-electron chi connectivity index (χ3n) is 5.58. The summed E-state index contributed by atoms with van der Waals surface area (Å²) in [5.74, 6) is -1.01. The summed E-state index contributed by atoms with van der Waals surface area (Å²) in [6.07, 6.45) is -0.109. The van der Waals surface area contributed by atoms with Crippen LogP contribution in [0.5, 0.6) is 0 Å². The monoisotopic (exact) mass is 365 g/mol. The average molecular weight is 365 g/mol. The van der Waals surface area contributed by atoms with E-state index in [1.165, 1.54) is 16.0 Å². The molecular formula is C22H23NO4. The van der Waals surface area contributed by atoms with E-state index in [9.17, 15) is 14.7 Å². The second-order valence-corrected chi connectivity index (χ2v) is 8.15. The Morgan fingerprint density at radius 3 is 2.19 bits per heavy atom. The lowest BCUT2D eigenvalue weighted by Crippen LogP contribution is -2.41. The van der Waals surface area contributed by atoms with Gasteiger partial charge in [0.1, 0.15) is 12.6 Å². The Labute approximate surface area is 158 Å². The number of hydrogen-bond donors (Lipinski definition) is 1. The van der Waals surface area contributed by atoms with Gasteiger partial charge in [-0.05, 0) is 34.1 Å². The number of fused-ring (bicyclic) bond motifs is 3. The molecule has 140 valence electrons. The largest absolute Gasteiger partial charge is 0.480 e. The summed E-state index contributed by atoms with van der Waals surface area (Å²) in [5, 5.41) is 9.46. The number of nitrogens with zero attached hydrogens (tertiary/aromatic N) is 1. The number of carbonyl (C=O) groups excluding carboxylic acids is 1. The first-order valence-electron chi connectivity index (χ1n) is 9.22. The van der Waals surface area contributed by atoms with Gasteiger partial charge in [-0.3, -0.25) is 4.90 Å². The molecule has 1 saturated heterocycles. The summed E-state index contributed by atoms with van der Waals surface area (Å²) in [6.45, 7) is 4.54. The van der Waals surface area contributed by atoms with E-state index in [1.807, 2.05) is 38.1 Å². The molecule has 1 aliphatic heterocycles. The quantitative estimate of drug-likeness (QED) is 0.888. The van der Waals surface area contributed by atoms with E-state index in [2.05, 4.69) is 24.3 Å². The highest BCUT2D eigenvalue weighted by Gasteiger charge is 2.44. The Hall–Kier alpha value is -2.82. The van der Waals surface area contributed by atoms with Gasteiger partial charge in [0, 0.05) is 12.5 Å². The molecule has 0 bridgehead atoms. The van der Waals surface area contributed by atoms with Gasteiger partial charge in [0.15, 0.2) is 0 Å². The molecule has 2 aromatic carbocycles. The van der Waals surface area contributed by atoms with Crippen LogP contribution >= 0.6 is 0 Å². The Balaban J connectivity index is 1.54. The Morgan fingerprint density at radius 2 is 1.63 bits per heavy atom. The second kappa shape index (κ2) is 6.41. The van der Waals surface area contributed by atoms with Crippen molar-refractivity contribution >= 4 is 12.1 Å². The molecule has 0 unspecified atom stereocenters. The summed E-state index contributed by atoms with van der Waals surface area (Å²) >= 11 is 0.